The molecule has 5 rings (SSSR count). The number of nitriles is 1. The summed E-state index contributed by atoms with van der Waals surface area (Å²) in [6, 6.07) is 7.40. The molecule has 228 valence electrons. The Morgan fingerprint density at radius 3 is 2.34 bits per heavy atom. The number of amides is 1. The molecule has 14 nitrogen and oxygen atoms in total. The summed E-state index contributed by atoms with van der Waals surface area (Å²) in [4.78, 5) is 54.0. The van der Waals surface area contributed by atoms with Crippen LogP contribution < -0.4 is 22.9 Å². The van der Waals surface area contributed by atoms with E-state index in [0.717, 1.165) is 0 Å². The van der Waals surface area contributed by atoms with Gasteiger partial charge in [0.2, 0.25) is 0 Å². The number of primary amides is 1. The van der Waals surface area contributed by atoms with Gasteiger partial charge in [0, 0.05) is 5.69 Å². The van der Waals surface area contributed by atoms with E-state index in [-0.39, 0.29) is 28.8 Å². The van der Waals surface area contributed by atoms with Gasteiger partial charge < -0.3 is 43.0 Å². The fraction of sp³-hybridized carbons (Fsp3) is 0.300. The van der Waals surface area contributed by atoms with Crippen molar-refractivity contribution in [2.75, 3.05) is 26.9 Å². The molecule has 44 heavy (non-hydrogen) atoms. The number of nitrogen functional groups attached to an aromatic ring is 1. The number of nitrogens with two attached hydrogens (primary N) is 4. The molecule has 4 atom stereocenters. The number of hydrogen-bond acceptors (Lipinski definition) is 13. The Bertz CT molecular complexity index is 1820. The van der Waals surface area contributed by atoms with Gasteiger partial charge in [0.25, 0.3) is 5.91 Å². The van der Waals surface area contributed by atoms with Crippen LogP contribution in [0, 0.1) is 16.7 Å². The van der Waals surface area contributed by atoms with E-state index in [9.17, 15) is 39.8 Å². The first-order valence-corrected chi connectivity index (χ1v) is 13.3. The van der Waals surface area contributed by atoms with Crippen molar-refractivity contribution in [2.24, 2.45) is 22.6 Å². The van der Waals surface area contributed by atoms with Crippen LogP contribution in [0.5, 0.6) is 5.75 Å². The van der Waals surface area contributed by atoms with Gasteiger partial charge in [0.05, 0.1) is 47.0 Å². The van der Waals surface area contributed by atoms with Crippen LogP contribution in [0.1, 0.15) is 27.9 Å². The molecule has 1 fully saturated rings. The summed E-state index contributed by atoms with van der Waals surface area (Å²) >= 11 is 0. The summed E-state index contributed by atoms with van der Waals surface area (Å²) in [6.45, 7) is 0. The second-order valence-corrected chi connectivity index (χ2v) is 11.6. The summed E-state index contributed by atoms with van der Waals surface area (Å²) < 4.78 is 4.82. The van der Waals surface area contributed by atoms with E-state index >= 15 is 0 Å². The number of likely N-dealkylation sites (N-methyl/N-ethyl adjacent to an activating group) is 1. The summed E-state index contributed by atoms with van der Waals surface area (Å²) in [5.74, 6) is -6.77. The predicted molar refractivity (Wildman–Crippen MR) is 155 cm³/mol. The number of aliphatic hydroxyl groups is 2. The van der Waals surface area contributed by atoms with E-state index in [1.54, 1.807) is 12.1 Å². The van der Waals surface area contributed by atoms with Crippen molar-refractivity contribution >= 4 is 34.9 Å². The lowest BCUT2D eigenvalue weighted by molar-refractivity contribution is -0.139. The monoisotopic (exact) mass is 602 g/mol. The third kappa shape index (κ3) is 3.70. The summed E-state index contributed by atoms with van der Waals surface area (Å²) in [5, 5.41) is 44.4. The first-order chi connectivity index (χ1) is 20.5. The van der Waals surface area contributed by atoms with Crippen molar-refractivity contribution in [3.63, 3.8) is 0 Å². The van der Waals surface area contributed by atoms with Gasteiger partial charge in [0.1, 0.15) is 22.8 Å². The number of hydrogen-bond donors (Lipinski definition) is 7. The highest BCUT2D eigenvalue weighted by atomic mass is 16.5. The van der Waals surface area contributed by atoms with Gasteiger partial charge in [-0.1, -0.05) is 6.07 Å². The number of esters is 1. The van der Waals surface area contributed by atoms with Crippen LogP contribution in [0.4, 0.5) is 5.69 Å². The van der Waals surface area contributed by atoms with Crippen molar-refractivity contribution in [1.82, 2.24) is 4.90 Å². The van der Waals surface area contributed by atoms with Crippen LogP contribution >= 0.6 is 0 Å². The average molecular weight is 603 g/mol. The van der Waals surface area contributed by atoms with Crippen molar-refractivity contribution in [2.45, 2.75) is 30.0 Å². The average Bonchev–Trinajstić information content (AvgIpc) is 2.91. The minimum Gasteiger partial charge on any atom is -0.509 e. The molecule has 11 N–H and O–H groups in total. The maximum atomic E-state index is 14.5. The van der Waals surface area contributed by atoms with Gasteiger partial charge in [-0.25, -0.2) is 4.79 Å². The number of anilines is 1. The highest BCUT2D eigenvalue weighted by Gasteiger charge is 2.74. The molecule has 0 heterocycles. The zero-order valence-electron chi connectivity index (χ0n) is 24.0. The lowest BCUT2D eigenvalue weighted by Crippen LogP contribution is -2.80. The fourth-order valence-corrected chi connectivity index (χ4v) is 7.14. The van der Waals surface area contributed by atoms with E-state index in [0.29, 0.717) is 11.1 Å². The highest BCUT2D eigenvalue weighted by molar-refractivity contribution is 6.25. The van der Waals surface area contributed by atoms with E-state index in [4.69, 9.17) is 27.7 Å². The molecule has 0 aliphatic heterocycles. The van der Waals surface area contributed by atoms with Gasteiger partial charge in [-0.3, -0.25) is 19.3 Å². The number of ketones is 2. The summed E-state index contributed by atoms with van der Waals surface area (Å²) in [6.07, 6.45) is -0.788. The van der Waals surface area contributed by atoms with Crippen LogP contribution in [0.25, 0.3) is 16.9 Å². The van der Waals surface area contributed by atoms with Gasteiger partial charge in [-0.05, 0) is 67.9 Å². The largest absolute Gasteiger partial charge is 0.509 e. The molecule has 14 heteroatoms. The number of phenolic OH excluding ortho intramolecular Hbond substituents is 1. The van der Waals surface area contributed by atoms with Gasteiger partial charge in [-0.2, -0.15) is 5.26 Å². The maximum Gasteiger partial charge on any atom is 0.337 e. The number of carbonyl (C=O) groups excluding carboxylic acids is 4. The molecule has 0 spiro atoms. The molecule has 0 unspecified atom stereocenters. The maximum absolute atomic E-state index is 14.5. The number of aromatic hydroxyl groups is 1. The number of Topliss-reactive ketones (excluding diaryl/α,β-unsaturated/α-hetero) is 2. The van der Waals surface area contributed by atoms with Crippen molar-refractivity contribution < 1.29 is 39.2 Å². The summed E-state index contributed by atoms with van der Waals surface area (Å²) in [5.41, 5.74) is 18.0. The molecule has 1 saturated carbocycles. The number of fused-ring (bicyclic) bond motifs is 3. The lowest BCUT2D eigenvalue weighted by Gasteiger charge is -2.58. The zero-order chi connectivity index (χ0) is 32.7. The lowest BCUT2D eigenvalue weighted by atomic mass is 9.47. The minimum absolute atomic E-state index is 0.123. The highest BCUT2D eigenvalue weighted by Crippen LogP contribution is 2.58. The Balaban J connectivity index is 1.84. The van der Waals surface area contributed by atoms with Crippen molar-refractivity contribution in [1.29, 1.82) is 5.26 Å². The number of carbonyl (C=O) groups is 4. The second kappa shape index (κ2) is 9.64. The first-order valence-electron chi connectivity index (χ1n) is 13.3. The van der Waals surface area contributed by atoms with Crippen LogP contribution in [0.15, 0.2) is 47.2 Å². The Kier molecular flexibility index (Phi) is 6.63. The molecular weight excluding hydrogens is 572 g/mol. The Hall–Kier alpha value is -5.23. The molecule has 0 radical (unpaired) electrons. The molecule has 3 aliphatic carbocycles. The van der Waals surface area contributed by atoms with Crippen LogP contribution in [0.2, 0.25) is 0 Å². The molecule has 0 saturated heterocycles. The van der Waals surface area contributed by atoms with E-state index < -0.39 is 80.8 Å². The van der Waals surface area contributed by atoms with Gasteiger partial charge in [0.15, 0.2) is 17.0 Å². The number of methoxy groups -OCH3 is 1. The topological polar surface area (TPSA) is 269 Å². The zero-order valence-corrected chi connectivity index (χ0v) is 24.0. The van der Waals surface area contributed by atoms with Crippen molar-refractivity contribution in [3.8, 4) is 22.9 Å². The standard InChI is InChI=1S/C30H30N6O8/c1-36(2)23-22(39)19(26(33)42)24(40)29(11-31)25(41)20-21(38)18-16(9-28(20,34)10-30(23,29)35)15(4-5-17(18)37)12-6-13(27(43)44-3)8-14(32)7-12/h4-8,23,37-38,40H,9-10,32,34-35H2,1-3H3,(H2,33,42)/t23-,28-,29+,30-/m1/s1. The molecule has 3 aliphatic rings. The molecular formula is C30H30N6O8. The number of benzene rings is 2. The second-order valence-electron chi connectivity index (χ2n) is 11.6. The Labute approximate surface area is 250 Å². The number of aliphatic hydroxyl groups excluding tert-OH is 2. The third-order valence-electron chi connectivity index (χ3n) is 8.82. The Morgan fingerprint density at radius 2 is 1.77 bits per heavy atom. The third-order valence-corrected chi connectivity index (χ3v) is 8.82. The summed E-state index contributed by atoms with van der Waals surface area (Å²) in [7, 11) is 4.07. The van der Waals surface area contributed by atoms with Crippen LogP contribution in [-0.2, 0) is 25.5 Å². The van der Waals surface area contributed by atoms with E-state index in [1.165, 1.54) is 50.4 Å². The molecule has 2 aromatic rings. The van der Waals surface area contributed by atoms with Gasteiger partial charge >= 0.3 is 5.97 Å². The van der Waals surface area contributed by atoms with Crippen LogP contribution in [0.3, 0.4) is 0 Å². The Morgan fingerprint density at radius 1 is 1.11 bits per heavy atom. The SMILES string of the molecule is COC(=O)c1cc(N)cc(-c2ccc(O)c3c2C[C@@]2(N)C[C@@]4(N)[C@H](N(C)C)C(=O)C(C(N)=O)=C(O)[C@@]4(C#N)C(=O)C2=C3O)c1. The van der Waals surface area contributed by atoms with E-state index in [1.807, 2.05) is 0 Å². The first kappa shape index (κ1) is 30.2. The number of nitrogens with zero attached hydrogens (tertiary/aromatic N) is 2. The van der Waals surface area contributed by atoms with Crippen molar-refractivity contribution in [3.05, 3.63) is 63.9 Å². The number of phenols is 1. The molecule has 1 amide bonds. The predicted octanol–water partition coefficient (Wildman–Crippen LogP) is -0.0587. The molecule has 0 bridgehead atoms. The quantitative estimate of drug-likeness (QED) is 0.137. The smallest absolute Gasteiger partial charge is 0.337 e. The molecule has 0 aromatic heterocycles. The number of rotatable bonds is 4. The van der Waals surface area contributed by atoms with E-state index in [2.05, 4.69) is 0 Å². The number of ether oxygens (including phenoxy) is 1. The molecule has 2 aromatic carbocycles. The van der Waals surface area contributed by atoms with Gasteiger partial charge in [-0.15, -0.1) is 0 Å². The van der Waals surface area contributed by atoms with Crippen LogP contribution in [-0.4, -0.2) is 82.0 Å². The normalized spacial score (nSPS) is 27.8. The fourth-order valence-electron chi connectivity index (χ4n) is 7.14. The minimum atomic E-state index is -2.76.